The molecule has 0 aliphatic heterocycles. The van der Waals surface area contributed by atoms with Crippen LogP contribution in [0, 0.1) is 11.3 Å². The number of aromatic nitrogens is 2. The van der Waals surface area contributed by atoms with Crippen LogP contribution in [-0.2, 0) is 9.53 Å². The van der Waals surface area contributed by atoms with Gasteiger partial charge in [0.25, 0.3) is 0 Å². The number of hydrogen-bond donors (Lipinski definition) is 1. The van der Waals surface area contributed by atoms with Gasteiger partial charge in [0.05, 0.1) is 36.2 Å². The number of nitrogen functional groups attached to an aromatic ring is 1. The number of halogens is 3. The molecule has 0 bridgehead atoms. The van der Waals surface area contributed by atoms with Gasteiger partial charge in [0.2, 0.25) is 0 Å². The van der Waals surface area contributed by atoms with Crippen molar-refractivity contribution in [3.8, 4) is 17.3 Å². The first-order valence-corrected chi connectivity index (χ1v) is 7.92. The highest BCUT2D eigenvalue weighted by Gasteiger charge is 2.49. The normalized spacial score (nSPS) is 12.8. The van der Waals surface area contributed by atoms with Crippen LogP contribution in [0.3, 0.4) is 0 Å². The molecule has 0 aliphatic carbocycles. The van der Waals surface area contributed by atoms with Crippen molar-refractivity contribution in [2.75, 3.05) is 12.8 Å². The second-order valence-corrected chi connectivity index (χ2v) is 6.16. The van der Waals surface area contributed by atoms with Crippen molar-refractivity contribution in [2.24, 2.45) is 0 Å². The summed E-state index contributed by atoms with van der Waals surface area (Å²) in [7, 11) is 17.0. The number of nitrogens with zero attached hydrogens (tertiary/aromatic N) is 3. The van der Waals surface area contributed by atoms with Crippen LogP contribution < -0.4 is 5.73 Å². The molecule has 1 aromatic heterocycles. The molecule has 12 heteroatoms. The highest BCUT2D eigenvalue weighted by atomic mass is 19.4. The number of methoxy groups -OCH3 is 1. The lowest BCUT2D eigenvalue weighted by atomic mass is 9.39. The number of carbonyl (C=O) groups excluding carboxylic acids is 1. The second-order valence-electron chi connectivity index (χ2n) is 6.16. The van der Waals surface area contributed by atoms with Gasteiger partial charge in [-0.2, -0.15) is 23.5 Å². The summed E-state index contributed by atoms with van der Waals surface area (Å²) in [5, 5.41) is 10.4. The fourth-order valence-corrected chi connectivity index (χ4v) is 2.66. The van der Waals surface area contributed by atoms with Crippen LogP contribution in [0.4, 0.5) is 19.0 Å². The van der Waals surface area contributed by atoms with Crippen LogP contribution in [0.2, 0.25) is 5.11 Å². The van der Waals surface area contributed by atoms with E-state index in [0.717, 1.165) is 0 Å². The maximum absolute atomic E-state index is 13.5. The molecule has 1 atom stereocenters. The largest absolute Gasteiger partial charge is 0.465 e. The molecular weight excluding hydrogens is 382 g/mol. The first-order valence-electron chi connectivity index (χ1n) is 7.92. The highest BCUT2D eigenvalue weighted by molar-refractivity contribution is 6.59. The Morgan fingerprint density at radius 3 is 2.28 bits per heavy atom. The van der Waals surface area contributed by atoms with Crippen LogP contribution in [0.25, 0.3) is 16.8 Å². The van der Waals surface area contributed by atoms with Crippen LogP contribution >= 0.6 is 0 Å². The molecule has 6 nitrogen and oxygen atoms in total. The Labute approximate surface area is 168 Å². The van der Waals surface area contributed by atoms with E-state index in [-0.39, 0.29) is 27.1 Å². The number of alkyl halides is 3. The summed E-state index contributed by atoms with van der Waals surface area (Å²) in [4.78, 5) is 11.5. The standard InChI is InChI=1S/C17H12B3F3N4O2/c1-8(14(28)29-2)9-3-5-10(6-4-9)12-11(7-24)13(25)27(26-12)15(16(18,19)20)17(21,22)23/h3-6,15H,1,25H2,2H3. The number of anilines is 1. The van der Waals surface area contributed by atoms with Crippen molar-refractivity contribution in [1.82, 2.24) is 9.78 Å². The minimum absolute atomic E-state index is 0.0703. The van der Waals surface area contributed by atoms with Gasteiger partial charge in [0.15, 0.2) is 0 Å². The number of rotatable bonds is 5. The lowest BCUT2D eigenvalue weighted by Gasteiger charge is -2.34. The highest BCUT2D eigenvalue weighted by Crippen LogP contribution is 2.45. The van der Waals surface area contributed by atoms with E-state index in [1.54, 1.807) is 6.07 Å². The maximum atomic E-state index is 13.5. The topological polar surface area (TPSA) is 93.9 Å². The Kier molecular flexibility index (Phi) is 5.92. The first kappa shape index (κ1) is 22.2. The molecule has 0 amide bonds. The molecule has 0 saturated heterocycles. The summed E-state index contributed by atoms with van der Waals surface area (Å²) < 4.78 is 45.3. The maximum Gasteiger partial charge on any atom is 0.409 e. The lowest BCUT2D eigenvalue weighted by Crippen LogP contribution is -2.39. The molecular formula is C17H12B3F3N4O2. The van der Waals surface area contributed by atoms with E-state index in [0.29, 0.717) is 5.56 Å². The van der Waals surface area contributed by atoms with E-state index in [9.17, 15) is 23.2 Å². The average Bonchev–Trinajstić information content (AvgIpc) is 2.94. The van der Waals surface area contributed by atoms with Gasteiger partial charge >= 0.3 is 12.1 Å². The smallest absolute Gasteiger partial charge is 0.409 e. The first-order chi connectivity index (χ1) is 13.3. The Morgan fingerprint density at radius 1 is 1.31 bits per heavy atom. The fourth-order valence-electron chi connectivity index (χ4n) is 2.66. The number of carbonyl (C=O) groups is 1. The van der Waals surface area contributed by atoms with Gasteiger partial charge in [-0.05, 0) is 5.56 Å². The molecule has 0 spiro atoms. The molecule has 0 fully saturated rings. The predicted molar refractivity (Wildman–Crippen MR) is 103 cm³/mol. The third-order valence-corrected chi connectivity index (χ3v) is 4.03. The van der Waals surface area contributed by atoms with Gasteiger partial charge < -0.3 is 10.5 Å². The van der Waals surface area contributed by atoms with Gasteiger partial charge in [-0.1, -0.05) is 30.8 Å². The van der Waals surface area contributed by atoms with Gasteiger partial charge in [0.1, 0.15) is 29.2 Å². The molecule has 2 rings (SSSR count). The number of hydrogen-bond acceptors (Lipinski definition) is 5. The Hall–Kier alpha value is -3.09. The molecule has 0 saturated carbocycles. The zero-order valence-corrected chi connectivity index (χ0v) is 15.2. The van der Waals surface area contributed by atoms with E-state index < -0.39 is 29.1 Å². The summed E-state index contributed by atoms with van der Waals surface area (Å²) in [6.07, 6.45) is -5.00. The Morgan fingerprint density at radius 2 is 1.86 bits per heavy atom. The molecule has 1 heterocycles. The fraction of sp³-hybridized carbons (Fsp3) is 0.235. The summed E-state index contributed by atoms with van der Waals surface area (Å²) in [6.45, 7) is 3.59. The Bertz CT molecular complexity index is 976. The second kappa shape index (κ2) is 7.74. The van der Waals surface area contributed by atoms with E-state index in [4.69, 9.17) is 29.3 Å². The minimum atomic E-state index is -5.00. The van der Waals surface area contributed by atoms with Crippen molar-refractivity contribution in [3.05, 3.63) is 42.0 Å². The van der Waals surface area contributed by atoms with Crippen LogP contribution in [-0.4, -0.2) is 52.6 Å². The molecule has 142 valence electrons. The quantitative estimate of drug-likeness (QED) is 0.475. The van der Waals surface area contributed by atoms with Crippen molar-refractivity contribution in [3.63, 3.8) is 0 Å². The number of nitrogens with two attached hydrogens (primary N) is 1. The molecule has 29 heavy (non-hydrogen) atoms. The number of benzene rings is 1. The van der Waals surface area contributed by atoms with Gasteiger partial charge in [-0.3, -0.25) is 0 Å². The molecule has 1 aromatic carbocycles. The van der Waals surface area contributed by atoms with Crippen LogP contribution in [0.5, 0.6) is 0 Å². The average molecular weight is 394 g/mol. The summed E-state index contributed by atoms with van der Waals surface area (Å²) >= 11 is 0. The van der Waals surface area contributed by atoms with Crippen molar-refractivity contribution in [1.29, 1.82) is 5.26 Å². The van der Waals surface area contributed by atoms with Crippen molar-refractivity contribution < 1.29 is 22.7 Å². The van der Waals surface area contributed by atoms with Crippen molar-refractivity contribution >= 4 is 40.9 Å². The Balaban J connectivity index is 2.59. The number of esters is 1. The van der Waals surface area contributed by atoms with Gasteiger partial charge in [-0.25, -0.2) is 9.48 Å². The SMILES string of the molecule is [B]C([B])([B])C(n1nc(-c2ccc(C(=C)C(=O)OC)cc2)c(C#N)c1N)C(F)(F)F. The molecule has 6 radical (unpaired) electrons. The monoisotopic (exact) mass is 394 g/mol. The van der Waals surface area contributed by atoms with Crippen LogP contribution in [0.15, 0.2) is 30.8 Å². The van der Waals surface area contributed by atoms with E-state index in [1.165, 1.54) is 31.4 Å². The van der Waals surface area contributed by atoms with E-state index >= 15 is 0 Å². The molecule has 0 aliphatic rings. The summed E-state index contributed by atoms with van der Waals surface area (Å²) in [6, 6.07) is 4.82. The molecule has 1 unspecified atom stereocenters. The summed E-state index contributed by atoms with van der Waals surface area (Å²) in [5.41, 5.74) is 5.99. The minimum Gasteiger partial charge on any atom is -0.465 e. The third kappa shape index (κ3) is 4.34. The van der Waals surface area contributed by atoms with Gasteiger partial charge in [0, 0.05) is 5.56 Å². The molecule has 2 aromatic rings. The van der Waals surface area contributed by atoms with Gasteiger partial charge in [-0.15, -0.1) is 5.11 Å². The molecule has 2 N–H and O–H groups in total. The van der Waals surface area contributed by atoms with Crippen molar-refractivity contribution in [2.45, 2.75) is 17.3 Å². The van der Waals surface area contributed by atoms with E-state index in [2.05, 4.69) is 16.4 Å². The lowest BCUT2D eigenvalue weighted by molar-refractivity contribution is -0.169. The van der Waals surface area contributed by atoms with Crippen LogP contribution in [0.1, 0.15) is 17.2 Å². The zero-order chi connectivity index (χ0) is 22.1. The zero-order valence-electron chi connectivity index (χ0n) is 15.2. The third-order valence-electron chi connectivity index (χ3n) is 4.03. The van der Waals surface area contributed by atoms with E-state index in [1.807, 2.05) is 0 Å². The summed E-state index contributed by atoms with van der Waals surface area (Å²) in [5.74, 6) is -1.25. The number of nitriles is 1. The number of ether oxygens (including phenoxy) is 1. The predicted octanol–water partition coefficient (Wildman–Crippen LogP) is 1.87.